The Morgan fingerprint density at radius 2 is 1.33 bits per heavy atom. The molecule has 0 fully saturated rings. The normalized spacial score (nSPS) is 10.6. The van der Waals surface area contributed by atoms with Gasteiger partial charge in [0.15, 0.2) is 11.5 Å². The van der Waals surface area contributed by atoms with Gasteiger partial charge in [-0.2, -0.15) is 0 Å². The second kappa shape index (κ2) is 10.3. The first-order valence-corrected chi connectivity index (χ1v) is 10.8. The van der Waals surface area contributed by atoms with E-state index in [1.807, 2.05) is 0 Å². The van der Waals surface area contributed by atoms with Gasteiger partial charge >= 0.3 is 5.97 Å². The monoisotopic (exact) mass is 492 g/mol. The van der Waals surface area contributed by atoms with E-state index in [2.05, 4.69) is 0 Å². The van der Waals surface area contributed by atoms with Crippen LogP contribution in [0.5, 0.6) is 40.2 Å². The number of hydrogen-bond donors (Lipinski definition) is 0. The second-order valence-electron chi connectivity index (χ2n) is 7.56. The van der Waals surface area contributed by atoms with Gasteiger partial charge in [-0.25, -0.2) is 4.79 Å². The molecule has 0 unspecified atom stereocenters. The summed E-state index contributed by atoms with van der Waals surface area (Å²) in [5.74, 6) is 1.97. The smallest absolute Gasteiger partial charge is 0.343 e. The van der Waals surface area contributed by atoms with Crippen molar-refractivity contribution in [1.29, 1.82) is 0 Å². The van der Waals surface area contributed by atoms with E-state index in [-0.39, 0.29) is 39.2 Å². The second-order valence-corrected chi connectivity index (χ2v) is 7.56. The van der Waals surface area contributed by atoms with Gasteiger partial charge in [0.05, 0.1) is 39.4 Å². The summed E-state index contributed by atoms with van der Waals surface area (Å²) in [5.41, 5.74) is 0.0762. The van der Waals surface area contributed by atoms with Gasteiger partial charge in [0.25, 0.3) is 0 Å². The lowest BCUT2D eigenvalue weighted by Crippen LogP contribution is -2.10. The highest BCUT2D eigenvalue weighted by molar-refractivity contribution is 5.93. The van der Waals surface area contributed by atoms with Crippen LogP contribution in [-0.2, 0) is 0 Å². The van der Waals surface area contributed by atoms with Gasteiger partial charge in [-0.3, -0.25) is 4.79 Å². The molecule has 3 aromatic carbocycles. The van der Waals surface area contributed by atoms with Gasteiger partial charge < -0.3 is 32.8 Å². The van der Waals surface area contributed by atoms with Crippen LogP contribution < -0.4 is 33.8 Å². The standard InChI is InChI=1S/C27H24O9/c1-15-25(35-18-8-6-17(30-2)7-9-18)24(28)20-11-10-19(14-21(20)34-15)36-27(29)16-12-22(31-3)26(33-5)23(13-16)32-4/h6-14H,1-5H3. The Balaban J connectivity index is 1.62. The molecule has 0 saturated carbocycles. The zero-order chi connectivity index (χ0) is 25.8. The van der Waals surface area contributed by atoms with Crippen molar-refractivity contribution in [3.63, 3.8) is 0 Å². The predicted molar refractivity (Wildman–Crippen MR) is 131 cm³/mol. The largest absolute Gasteiger partial charge is 0.497 e. The number of aryl methyl sites for hydroxylation is 1. The van der Waals surface area contributed by atoms with Crippen LogP contribution in [0.25, 0.3) is 11.0 Å². The molecule has 4 aromatic rings. The van der Waals surface area contributed by atoms with Crippen LogP contribution in [0.4, 0.5) is 0 Å². The number of methoxy groups -OCH3 is 4. The van der Waals surface area contributed by atoms with Crippen LogP contribution in [0.1, 0.15) is 16.1 Å². The van der Waals surface area contributed by atoms with Crippen LogP contribution in [0, 0.1) is 6.92 Å². The SMILES string of the molecule is COc1ccc(Oc2c(C)oc3cc(OC(=O)c4cc(OC)c(OC)c(OC)c4)ccc3c2=O)cc1. The van der Waals surface area contributed by atoms with E-state index in [9.17, 15) is 9.59 Å². The molecule has 1 aromatic heterocycles. The third-order valence-electron chi connectivity index (χ3n) is 5.38. The maximum absolute atomic E-state index is 13.1. The van der Waals surface area contributed by atoms with E-state index in [1.54, 1.807) is 38.3 Å². The van der Waals surface area contributed by atoms with E-state index in [4.69, 9.17) is 32.8 Å². The van der Waals surface area contributed by atoms with Gasteiger partial charge in [-0.05, 0) is 55.5 Å². The topological polar surface area (TPSA) is 103 Å². The summed E-state index contributed by atoms with van der Waals surface area (Å²) in [4.78, 5) is 25.9. The highest BCUT2D eigenvalue weighted by atomic mass is 16.5. The maximum Gasteiger partial charge on any atom is 0.343 e. The third-order valence-corrected chi connectivity index (χ3v) is 5.38. The number of benzene rings is 3. The summed E-state index contributed by atoms with van der Waals surface area (Å²) in [6, 6.07) is 14.3. The van der Waals surface area contributed by atoms with Gasteiger partial charge in [0, 0.05) is 6.07 Å². The molecular formula is C27H24O9. The molecule has 186 valence electrons. The highest BCUT2D eigenvalue weighted by Crippen LogP contribution is 2.38. The Labute approximate surface area is 206 Å². The van der Waals surface area contributed by atoms with E-state index >= 15 is 0 Å². The summed E-state index contributed by atoms with van der Waals surface area (Å²) < 4.78 is 38.1. The third kappa shape index (κ3) is 4.76. The molecule has 0 amide bonds. The Morgan fingerprint density at radius 1 is 0.722 bits per heavy atom. The first kappa shape index (κ1) is 24.5. The summed E-state index contributed by atoms with van der Waals surface area (Å²) in [6.45, 7) is 1.62. The van der Waals surface area contributed by atoms with Crippen molar-refractivity contribution < 1.29 is 37.6 Å². The quantitative estimate of drug-likeness (QED) is 0.244. The fourth-order valence-electron chi connectivity index (χ4n) is 3.58. The number of hydrogen-bond acceptors (Lipinski definition) is 9. The molecule has 4 rings (SSSR count). The Bertz CT molecular complexity index is 1440. The van der Waals surface area contributed by atoms with Gasteiger partial charge in [-0.1, -0.05) is 0 Å². The zero-order valence-corrected chi connectivity index (χ0v) is 20.4. The zero-order valence-electron chi connectivity index (χ0n) is 20.4. The Hall–Kier alpha value is -4.66. The molecule has 9 heteroatoms. The van der Waals surface area contributed by atoms with Crippen molar-refractivity contribution in [2.24, 2.45) is 0 Å². The fraction of sp³-hybridized carbons (Fsp3) is 0.185. The van der Waals surface area contributed by atoms with Gasteiger partial charge in [0.2, 0.25) is 16.9 Å². The van der Waals surface area contributed by atoms with Crippen molar-refractivity contribution >= 4 is 16.9 Å². The van der Waals surface area contributed by atoms with Crippen molar-refractivity contribution in [3.8, 4) is 40.2 Å². The van der Waals surface area contributed by atoms with E-state index < -0.39 is 5.97 Å². The lowest BCUT2D eigenvalue weighted by atomic mass is 10.1. The van der Waals surface area contributed by atoms with E-state index in [1.165, 1.54) is 51.7 Å². The number of esters is 1. The van der Waals surface area contributed by atoms with Crippen LogP contribution in [0.15, 0.2) is 63.8 Å². The average molecular weight is 492 g/mol. The maximum atomic E-state index is 13.1. The molecule has 9 nitrogen and oxygen atoms in total. The van der Waals surface area contributed by atoms with Crippen LogP contribution in [-0.4, -0.2) is 34.4 Å². The molecule has 0 aliphatic heterocycles. The number of carbonyl (C=O) groups excluding carboxylic acids is 1. The number of ether oxygens (including phenoxy) is 6. The average Bonchev–Trinajstić information content (AvgIpc) is 2.90. The molecule has 0 atom stereocenters. The summed E-state index contributed by atoms with van der Waals surface area (Å²) in [5, 5.41) is 0.275. The predicted octanol–water partition coefficient (Wildman–Crippen LogP) is 5.15. The molecule has 0 spiro atoms. The Morgan fingerprint density at radius 3 is 1.92 bits per heavy atom. The summed E-state index contributed by atoms with van der Waals surface area (Å²) in [7, 11) is 5.93. The minimum absolute atomic E-state index is 0.0647. The minimum atomic E-state index is -0.660. The van der Waals surface area contributed by atoms with Crippen molar-refractivity contribution in [3.05, 3.63) is 76.1 Å². The molecule has 0 bridgehead atoms. The fourth-order valence-corrected chi connectivity index (χ4v) is 3.58. The van der Waals surface area contributed by atoms with E-state index in [0.29, 0.717) is 28.7 Å². The van der Waals surface area contributed by atoms with Crippen LogP contribution in [0.2, 0.25) is 0 Å². The molecule has 0 aliphatic carbocycles. The molecular weight excluding hydrogens is 468 g/mol. The number of carbonyl (C=O) groups is 1. The molecule has 0 radical (unpaired) electrons. The van der Waals surface area contributed by atoms with Crippen LogP contribution in [0.3, 0.4) is 0 Å². The van der Waals surface area contributed by atoms with Gasteiger partial charge in [-0.15, -0.1) is 0 Å². The number of rotatable bonds is 8. The van der Waals surface area contributed by atoms with Gasteiger partial charge in [0.1, 0.15) is 28.6 Å². The van der Waals surface area contributed by atoms with Crippen LogP contribution >= 0.6 is 0 Å². The molecule has 0 aliphatic rings. The molecule has 1 heterocycles. The van der Waals surface area contributed by atoms with Crippen molar-refractivity contribution in [2.45, 2.75) is 6.92 Å². The van der Waals surface area contributed by atoms with Crippen molar-refractivity contribution in [1.82, 2.24) is 0 Å². The summed E-state index contributed by atoms with van der Waals surface area (Å²) >= 11 is 0. The van der Waals surface area contributed by atoms with Crippen molar-refractivity contribution in [2.75, 3.05) is 28.4 Å². The lowest BCUT2D eigenvalue weighted by Gasteiger charge is -2.14. The molecule has 0 saturated heterocycles. The number of fused-ring (bicyclic) bond motifs is 1. The van der Waals surface area contributed by atoms with E-state index in [0.717, 1.165) is 0 Å². The first-order chi connectivity index (χ1) is 17.4. The minimum Gasteiger partial charge on any atom is -0.497 e. The Kier molecular flexibility index (Phi) is 7.00. The molecule has 0 N–H and O–H groups in total. The summed E-state index contributed by atoms with van der Waals surface area (Å²) in [6.07, 6.45) is 0. The highest BCUT2D eigenvalue weighted by Gasteiger charge is 2.20. The first-order valence-electron chi connectivity index (χ1n) is 10.8. The molecule has 36 heavy (non-hydrogen) atoms. The lowest BCUT2D eigenvalue weighted by molar-refractivity contribution is 0.0734.